The van der Waals surface area contributed by atoms with Gasteiger partial charge in [0, 0.05) is 19.5 Å². The molecular formula is C52H102N2O2. The molecule has 1 unspecified atom stereocenters. The molecule has 332 valence electrons. The number of unbranched alkanes of at least 4 members (excludes halogenated alkanes) is 37. The van der Waals surface area contributed by atoms with E-state index in [1.165, 1.54) is 238 Å². The molecule has 0 heterocycles. The van der Waals surface area contributed by atoms with Crippen LogP contribution in [-0.2, 0) is 9.59 Å². The lowest BCUT2D eigenvalue weighted by Gasteiger charge is -2.27. The van der Waals surface area contributed by atoms with Crippen LogP contribution >= 0.6 is 0 Å². The molecule has 56 heavy (non-hydrogen) atoms. The molecule has 0 spiro atoms. The fraction of sp³-hybridized carbons (Fsp3) is 0.923. The molecule has 0 bridgehead atoms. The number of amides is 2. The van der Waals surface area contributed by atoms with Gasteiger partial charge in [0.05, 0.1) is 5.92 Å². The van der Waals surface area contributed by atoms with E-state index in [0.717, 1.165) is 32.4 Å². The summed E-state index contributed by atoms with van der Waals surface area (Å²) < 4.78 is 0. The Morgan fingerprint density at radius 3 is 0.946 bits per heavy atom. The predicted molar refractivity (Wildman–Crippen MR) is 249 cm³/mol. The third-order valence-corrected chi connectivity index (χ3v) is 12.2. The van der Waals surface area contributed by atoms with E-state index >= 15 is 0 Å². The van der Waals surface area contributed by atoms with E-state index in [4.69, 9.17) is 5.73 Å². The van der Waals surface area contributed by atoms with Crippen LogP contribution in [0.5, 0.6) is 0 Å². The van der Waals surface area contributed by atoms with E-state index < -0.39 is 0 Å². The van der Waals surface area contributed by atoms with Crippen LogP contribution in [-0.4, -0.2) is 29.8 Å². The molecule has 0 aliphatic carbocycles. The summed E-state index contributed by atoms with van der Waals surface area (Å²) in [7, 11) is 0. The van der Waals surface area contributed by atoms with E-state index in [1.807, 2.05) is 0 Å². The zero-order valence-corrected chi connectivity index (χ0v) is 38.7. The van der Waals surface area contributed by atoms with Crippen molar-refractivity contribution in [1.82, 2.24) is 4.90 Å². The van der Waals surface area contributed by atoms with Gasteiger partial charge in [-0.15, -0.1) is 0 Å². The summed E-state index contributed by atoms with van der Waals surface area (Å²) in [4.78, 5) is 28.2. The Hall–Kier alpha value is -1.32. The van der Waals surface area contributed by atoms with Gasteiger partial charge in [-0.25, -0.2) is 0 Å². The van der Waals surface area contributed by atoms with Crippen LogP contribution in [0.2, 0.25) is 0 Å². The number of hydrogen-bond donors (Lipinski definition) is 1. The van der Waals surface area contributed by atoms with Gasteiger partial charge in [-0.1, -0.05) is 264 Å². The molecule has 4 nitrogen and oxygen atoms in total. The topological polar surface area (TPSA) is 63.4 Å². The van der Waals surface area contributed by atoms with Crippen molar-refractivity contribution in [1.29, 1.82) is 0 Å². The Morgan fingerprint density at radius 1 is 0.393 bits per heavy atom. The number of hydrogen-bond acceptors (Lipinski definition) is 2. The summed E-state index contributed by atoms with van der Waals surface area (Å²) >= 11 is 0. The second kappa shape index (κ2) is 46.4. The third kappa shape index (κ3) is 40.9. The van der Waals surface area contributed by atoms with Gasteiger partial charge in [0.2, 0.25) is 11.8 Å². The minimum atomic E-state index is -0.352. The van der Waals surface area contributed by atoms with Gasteiger partial charge in [0.25, 0.3) is 0 Å². The summed E-state index contributed by atoms with van der Waals surface area (Å²) in [6, 6.07) is 0. The highest BCUT2D eigenvalue weighted by Gasteiger charge is 2.24. The van der Waals surface area contributed by atoms with Crippen molar-refractivity contribution in [2.75, 3.05) is 13.1 Å². The van der Waals surface area contributed by atoms with Gasteiger partial charge in [-0.2, -0.15) is 0 Å². The second-order valence-corrected chi connectivity index (χ2v) is 17.9. The maximum Gasteiger partial charge on any atom is 0.226 e. The van der Waals surface area contributed by atoms with Crippen molar-refractivity contribution in [3.63, 3.8) is 0 Å². The van der Waals surface area contributed by atoms with Crippen LogP contribution in [0.15, 0.2) is 12.2 Å². The third-order valence-electron chi connectivity index (χ3n) is 12.2. The fourth-order valence-corrected chi connectivity index (χ4v) is 8.40. The SMILES string of the molecule is CCCCCCCCCCCCC/C=C/CC(CC(N)=O)C(=O)N(CCCCCCCCCCCCCCCC)CCCCCCCCCCCCCCCC. The Bertz CT molecular complexity index is 794. The maximum atomic E-state index is 14.0. The zero-order chi connectivity index (χ0) is 40.8. The van der Waals surface area contributed by atoms with Crippen molar-refractivity contribution in [2.45, 2.75) is 290 Å². The number of nitrogens with zero attached hydrogens (tertiary/aromatic N) is 1. The van der Waals surface area contributed by atoms with Crippen LogP contribution in [0, 0.1) is 5.92 Å². The first-order valence-corrected chi connectivity index (χ1v) is 25.8. The molecule has 1 atom stereocenters. The molecule has 0 aromatic heterocycles. The van der Waals surface area contributed by atoms with Crippen molar-refractivity contribution >= 4 is 11.8 Å². The number of allylic oxidation sites excluding steroid dienone is 2. The fourth-order valence-electron chi connectivity index (χ4n) is 8.40. The standard InChI is InChI=1S/C52H102N2O2/c1-4-7-10-13-16-19-22-25-28-31-34-37-40-43-46-50(49-51(53)55)52(56)54(47-44-41-38-35-32-29-26-23-20-17-14-11-8-5-2)48-45-42-39-36-33-30-27-24-21-18-15-12-9-6-3/h40,43,50H,4-39,41-42,44-49H2,1-3H3,(H2,53,55)/b43-40+. The average molecular weight is 787 g/mol. The number of nitrogens with two attached hydrogens (primary N) is 1. The summed E-state index contributed by atoms with van der Waals surface area (Å²) in [5.41, 5.74) is 5.71. The zero-order valence-electron chi connectivity index (χ0n) is 38.7. The first-order valence-electron chi connectivity index (χ1n) is 25.8. The lowest BCUT2D eigenvalue weighted by molar-refractivity contribution is -0.138. The summed E-state index contributed by atoms with van der Waals surface area (Å²) in [5.74, 6) is -0.512. The van der Waals surface area contributed by atoms with Gasteiger partial charge in [-0.3, -0.25) is 9.59 Å². The molecule has 4 heteroatoms. The highest BCUT2D eigenvalue weighted by atomic mass is 16.2. The lowest BCUT2D eigenvalue weighted by Crippen LogP contribution is -2.39. The molecule has 0 aliphatic heterocycles. The second-order valence-electron chi connectivity index (χ2n) is 17.9. The summed E-state index contributed by atoms with van der Waals surface area (Å²) in [5, 5.41) is 0. The van der Waals surface area contributed by atoms with Crippen molar-refractivity contribution in [3.05, 3.63) is 12.2 Å². The number of primary amides is 1. The Morgan fingerprint density at radius 2 is 0.661 bits per heavy atom. The quantitative estimate of drug-likeness (QED) is 0.0493. The smallest absolute Gasteiger partial charge is 0.226 e. The molecular weight excluding hydrogens is 685 g/mol. The van der Waals surface area contributed by atoms with E-state index in [-0.39, 0.29) is 24.2 Å². The van der Waals surface area contributed by atoms with Crippen molar-refractivity contribution < 1.29 is 9.59 Å². The van der Waals surface area contributed by atoms with Crippen LogP contribution < -0.4 is 5.73 Å². The molecule has 2 N–H and O–H groups in total. The molecule has 2 amide bonds. The van der Waals surface area contributed by atoms with Gasteiger partial charge in [0.15, 0.2) is 0 Å². The molecule has 0 fully saturated rings. The normalized spacial score (nSPS) is 12.2. The van der Waals surface area contributed by atoms with Crippen LogP contribution in [0.4, 0.5) is 0 Å². The van der Waals surface area contributed by atoms with E-state index in [9.17, 15) is 9.59 Å². The van der Waals surface area contributed by atoms with Gasteiger partial charge < -0.3 is 10.6 Å². The molecule has 0 rings (SSSR count). The molecule has 0 saturated heterocycles. The number of carbonyl (C=O) groups excluding carboxylic acids is 2. The first kappa shape index (κ1) is 54.7. The monoisotopic (exact) mass is 787 g/mol. The molecule has 0 saturated carbocycles. The first-order chi connectivity index (χ1) is 27.6. The predicted octanol–water partition coefficient (Wildman–Crippen LogP) is 16.9. The van der Waals surface area contributed by atoms with Crippen LogP contribution in [0.3, 0.4) is 0 Å². The van der Waals surface area contributed by atoms with Crippen LogP contribution in [0.1, 0.15) is 290 Å². The Balaban J connectivity index is 4.61. The van der Waals surface area contributed by atoms with E-state index in [1.54, 1.807) is 0 Å². The molecule has 0 aromatic rings. The molecule has 0 radical (unpaired) electrons. The van der Waals surface area contributed by atoms with Crippen LogP contribution in [0.25, 0.3) is 0 Å². The molecule has 0 aliphatic rings. The minimum absolute atomic E-state index is 0.160. The molecule has 0 aromatic carbocycles. The highest BCUT2D eigenvalue weighted by molar-refractivity contribution is 5.85. The Labute approximate surface area is 352 Å². The lowest BCUT2D eigenvalue weighted by atomic mass is 9.97. The van der Waals surface area contributed by atoms with E-state index in [2.05, 4.69) is 37.8 Å². The van der Waals surface area contributed by atoms with Gasteiger partial charge >= 0.3 is 0 Å². The van der Waals surface area contributed by atoms with Gasteiger partial charge in [-0.05, 0) is 32.1 Å². The van der Waals surface area contributed by atoms with Crippen molar-refractivity contribution in [3.8, 4) is 0 Å². The minimum Gasteiger partial charge on any atom is -0.370 e. The average Bonchev–Trinajstić information content (AvgIpc) is 3.19. The number of carbonyl (C=O) groups is 2. The van der Waals surface area contributed by atoms with Gasteiger partial charge in [0.1, 0.15) is 0 Å². The highest BCUT2D eigenvalue weighted by Crippen LogP contribution is 2.19. The maximum absolute atomic E-state index is 14.0. The Kier molecular flexibility index (Phi) is 45.3. The summed E-state index contributed by atoms with van der Waals surface area (Å²) in [6.07, 6.45) is 58.8. The van der Waals surface area contributed by atoms with E-state index in [0.29, 0.717) is 6.42 Å². The van der Waals surface area contributed by atoms with Crippen molar-refractivity contribution in [2.24, 2.45) is 11.7 Å². The summed E-state index contributed by atoms with van der Waals surface area (Å²) in [6.45, 7) is 8.52. The largest absolute Gasteiger partial charge is 0.370 e. The number of rotatable bonds is 47.